The van der Waals surface area contributed by atoms with Crippen LogP contribution in [0.4, 0.5) is 0 Å². The number of nitrogens with zero attached hydrogens (tertiary/aromatic N) is 2. The summed E-state index contributed by atoms with van der Waals surface area (Å²) in [7, 11) is 0. The predicted octanol–water partition coefficient (Wildman–Crippen LogP) is 3.73. The van der Waals surface area contributed by atoms with Gasteiger partial charge in [0.05, 0.1) is 5.52 Å². The van der Waals surface area contributed by atoms with Crippen molar-refractivity contribution < 1.29 is 0 Å². The van der Waals surface area contributed by atoms with Crippen molar-refractivity contribution in [2.45, 2.75) is 17.2 Å². The largest absolute Gasteiger partial charge is 0.329 e. The molecule has 3 nitrogen and oxygen atoms in total. The first-order valence-electron chi connectivity index (χ1n) is 6.91. The van der Waals surface area contributed by atoms with Gasteiger partial charge in [0, 0.05) is 17.2 Å². The van der Waals surface area contributed by atoms with Crippen LogP contribution in [0.5, 0.6) is 0 Å². The van der Waals surface area contributed by atoms with E-state index in [1.54, 1.807) is 18.1 Å². The summed E-state index contributed by atoms with van der Waals surface area (Å²) in [5.74, 6) is 0. The Labute approximate surface area is 128 Å². The van der Waals surface area contributed by atoms with Crippen molar-refractivity contribution in [3.63, 3.8) is 0 Å². The van der Waals surface area contributed by atoms with Crippen LogP contribution in [-0.4, -0.2) is 16.5 Å². The van der Waals surface area contributed by atoms with Gasteiger partial charge in [0.1, 0.15) is 11.4 Å². The van der Waals surface area contributed by atoms with Gasteiger partial charge in [-0.3, -0.25) is 0 Å². The Balaban J connectivity index is 1.96. The first kappa shape index (κ1) is 14.0. The van der Waals surface area contributed by atoms with Crippen LogP contribution < -0.4 is 5.73 Å². The number of aromatic nitrogens is 2. The molecule has 0 amide bonds. The number of para-hydroxylation sites is 1. The molecule has 0 bridgehead atoms. The average molecular weight is 295 g/mol. The van der Waals surface area contributed by atoms with E-state index in [1.165, 1.54) is 11.1 Å². The second-order valence-electron chi connectivity index (χ2n) is 4.95. The third-order valence-corrected chi connectivity index (χ3v) is 4.69. The number of rotatable bonds is 4. The zero-order chi connectivity index (χ0) is 14.7. The maximum atomic E-state index is 5.98. The normalized spacial score (nSPS) is 12.5. The highest BCUT2D eigenvalue weighted by Crippen LogP contribution is 2.36. The molecule has 0 aliphatic rings. The first-order chi connectivity index (χ1) is 10.3. The SMILES string of the molecule is Cc1cccc(C(CN)Sc2ncnc3ccccc23)c1. The molecule has 2 N–H and O–H groups in total. The minimum absolute atomic E-state index is 0.197. The molecule has 0 saturated carbocycles. The van der Waals surface area contributed by atoms with E-state index in [-0.39, 0.29) is 5.25 Å². The lowest BCUT2D eigenvalue weighted by atomic mass is 10.1. The number of fused-ring (bicyclic) bond motifs is 1. The van der Waals surface area contributed by atoms with Crippen LogP contribution in [-0.2, 0) is 0 Å². The number of aryl methyl sites for hydroxylation is 1. The highest BCUT2D eigenvalue weighted by Gasteiger charge is 2.14. The predicted molar refractivity (Wildman–Crippen MR) is 88.4 cm³/mol. The Bertz CT molecular complexity index is 752. The quantitative estimate of drug-likeness (QED) is 0.588. The van der Waals surface area contributed by atoms with Crippen LogP contribution in [0.1, 0.15) is 16.4 Å². The molecule has 1 unspecified atom stereocenters. The van der Waals surface area contributed by atoms with Crippen LogP contribution in [0.2, 0.25) is 0 Å². The molecule has 0 aliphatic heterocycles. The van der Waals surface area contributed by atoms with Crippen LogP contribution >= 0.6 is 11.8 Å². The summed E-state index contributed by atoms with van der Waals surface area (Å²) in [6, 6.07) is 16.6. The van der Waals surface area contributed by atoms with Crippen LogP contribution in [0, 0.1) is 6.92 Å². The molecule has 0 radical (unpaired) electrons. The second-order valence-corrected chi connectivity index (χ2v) is 6.14. The molecule has 3 aromatic rings. The van der Waals surface area contributed by atoms with E-state index in [0.717, 1.165) is 15.9 Å². The smallest absolute Gasteiger partial charge is 0.117 e. The van der Waals surface area contributed by atoms with E-state index in [4.69, 9.17) is 5.73 Å². The van der Waals surface area contributed by atoms with Crippen molar-refractivity contribution >= 4 is 22.7 Å². The standard InChI is InChI=1S/C17H17N3S/c1-12-5-4-6-13(9-12)16(10-18)21-17-14-7-2-3-8-15(14)19-11-20-17/h2-9,11,16H,10,18H2,1H3. The van der Waals surface area contributed by atoms with Crippen molar-refractivity contribution in [3.8, 4) is 0 Å². The van der Waals surface area contributed by atoms with Crippen LogP contribution in [0.25, 0.3) is 10.9 Å². The van der Waals surface area contributed by atoms with Gasteiger partial charge in [0.15, 0.2) is 0 Å². The molecule has 106 valence electrons. The van der Waals surface area contributed by atoms with E-state index in [1.807, 2.05) is 18.2 Å². The third kappa shape index (κ3) is 3.06. The molecule has 0 fully saturated rings. The molecule has 1 aromatic heterocycles. The van der Waals surface area contributed by atoms with Crippen LogP contribution in [0.15, 0.2) is 59.9 Å². The van der Waals surface area contributed by atoms with Crippen molar-refractivity contribution in [2.24, 2.45) is 5.73 Å². The maximum absolute atomic E-state index is 5.98. The number of thioether (sulfide) groups is 1. The minimum atomic E-state index is 0.197. The van der Waals surface area contributed by atoms with E-state index in [9.17, 15) is 0 Å². The molecule has 21 heavy (non-hydrogen) atoms. The summed E-state index contributed by atoms with van der Waals surface area (Å²) >= 11 is 1.70. The van der Waals surface area contributed by atoms with Crippen molar-refractivity contribution in [3.05, 3.63) is 66.0 Å². The molecular weight excluding hydrogens is 278 g/mol. The van der Waals surface area contributed by atoms with Crippen molar-refractivity contribution in [1.29, 1.82) is 0 Å². The maximum Gasteiger partial charge on any atom is 0.117 e. The van der Waals surface area contributed by atoms with Gasteiger partial charge in [-0.2, -0.15) is 0 Å². The third-order valence-electron chi connectivity index (χ3n) is 3.39. The number of hydrogen-bond acceptors (Lipinski definition) is 4. The zero-order valence-electron chi connectivity index (χ0n) is 11.9. The molecule has 0 aliphatic carbocycles. The fourth-order valence-corrected chi connectivity index (χ4v) is 3.39. The van der Waals surface area contributed by atoms with Gasteiger partial charge >= 0.3 is 0 Å². The Hall–Kier alpha value is -1.91. The summed E-state index contributed by atoms with van der Waals surface area (Å²) in [4.78, 5) is 8.75. The lowest BCUT2D eigenvalue weighted by molar-refractivity contribution is 0.933. The highest BCUT2D eigenvalue weighted by molar-refractivity contribution is 7.99. The van der Waals surface area contributed by atoms with Gasteiger partial charge in [-0.05, 0) is 18.6 Å². The minimum Gasteiger partial charge on any atom is -0.329 e. The lowest BCUT2D eigenvalue weighted by Crippen LogP contribution is -2.09. The Morgan fingerprint density at radius 3 is 2.76 bits per heavy atom. The van der Waals surface area contributed by atoms with Gasteiger partial charge in [-0.25, -0.2) is 9.97 Å². The summed E-state index contributed by atoms with van der Waals surface area (Å²) in [5.41, 5.74) is 9.44. The average Bonchev–Trinajstić information content (AvgIpc) is 2.52. The molecule has 0 spiro atoms. The number of nitrogens with two attached hydrogens (primary N) is 1. The van der Waals surface area contributed by atoms with Crippen molar-refractivity contribution in [2.75, 3.05) is 6.54 Å². The number of benzene rings is 2. The molecular formula is C17H17N3S. The summed E-state index contributed by atoms with van der Waals surface area (Å²) in [5, 5.41) is 2.26. The monoisotopic (exact) mass is 295 g/mol. The van der Waals surface area contributed by atoms with Gasteiger partial charge < -0.3 is 5.73 Å². The first-order valence-corrected chi connectivity index (χ1v) is 7.79. The zero-order valence-corrected chi connectivity index (χ0v) is 12.7. The molecule has 1 heterocycles. The Kier molecular flexibility index (Phi) is 4.18. The van der Waals surface area contributed by atoms with E-state index < -0.39 is 0 Å². The van der Waals surface area contributed by atoms with Gasteiger partial charge in [0.2, 0.25) is 0 Å². The summed E-state index contributed by atoms with van der Waals surface area (Å²) in [6.45, 7) is 2.67. The van der Waals surface area contributed by atoms with Crippen LogP contribution in [0.3, 0.4) is 0 Å². The second kappa shape index (κ2) is 6.24. The molecule has 1 atom stereocenters. The van der Waals surface area contributed by atoms with E-state index >= 15 is 0 Å². The molecule has 0 saturated heterocycles. The van der Waals surface area contributed by atoms with Crippen molar-refractivity contribution in [1.82, 2.24) is 9.97 Å². The summed E-state index contributed by atoms with van der Waals surface area (Å²) in [6.07, 6.45) is 1.62. The van der Waals surface area contributed by atoms with Gasteiger partial charge in [-0.15, -0.1) is 0 Å². The topological polar surface area (TPSA) is 51.8 Å². The lowest BCUT2D eigenvalue weighted by Gasteiger charge is -2.15. The molecule has 4 heteroatoms. The van der Waals surface area contributed by atoms with Gasteiger partial charge in [0.25, 0.3) is 0 Å². The molecule has 2 aromatic carbocycles. The van der Waals surface area contributed by atoms with Gasteiger partial charge in [-0.1, -0.05) is 59.8 Å². The summed E-state index contributed by atoms with van der Waals surface area (Å²) < 4.78 is 0. The fourth-order valence-electron chi connectivity index (χ4n) is 2.33. The fraction of sp³-hybridized carbons (Fsp3) is 0.176. The Morgan fingerprint density at radius 1 is 1.10 bits per heavy atom. The van der Waals surface area contributed by atoms with E-state index in [0.29, 0.717) is 6.54 Å². The number of hydrogen-bond donors (Lipinski definition) is 1. The van der Waals surface area contributed by atoms with E-state index in [2.05, 4.69) is 47.2 Å². The highest BCUT2D eigenvalue weighted by atomic mass is 32.2. The Morgan fingerprint density at radius 2 is 1.95 bits per heavy atom. The molecule has 3 rings (SSSR count).